The van der Waals surface area contributed by atoms with Gasteiger partial charge in [0.05, 0.1) is 0 Å². The van der Waals surface area contributed by atoms with Crippen molar-refractivity contribution >= 4 is 5.78 Å². The summed E-state index contributed by atoms with van der Waals surface area (Å²) in [7, 11) is 0. The van der Waals surface area contributed by atoms with Gasteiger partial charge < -0.3 is 5.11 Å². The lowest BCUT2D eigenvalue weighted by Gasteiger charge is -2.17. The number of benzene rings is 1. The highest BCUT2D eigenvalue weighted by Gasteiger charge is 2.26. The summed E-state index contributed by atoms with van der Waals surface area (Å²) in [6.45, 7) is 2.18. The van der Waals surface area contributed by atoms with Gasteiger partial charge in [0, 0.05) is 18.1 Å². The Morgan fingerprint density at radius 2 is 2.18 bits per heavy atom. The summed E-state index contributed by atoms with van der Waals surface area (Å²) >= 11 is 0. The van der Waals surface area contributed by atoms with Crippen molar-refractivity contribution in [2.24, 2.45) is 11.8 Å². The fraction of sp³-hybridized carbons (Fsp3) is 0.533. The van der Waals surface area contributed by atoms with Crippen molar-refractivity contribution in [1.29, 1.82) is 0 Å². The van der Waals surface area contributed by atoms with Gasteiger partial charge in [-0.2, -0.15) is 0 Å². The molecule has 0 bridgehead atoms. The van der Waals surface area contributed by atoms with E-state index in [1.165, 1.54) is 5.56 Å². The van der Waals surface area contributed by atoms with Gasteiger partial charge in [-0.15, -0.1) is 0 Å². The molecule has 92 valence electrons. The van der Waals surface area contributed by atoms with Crippen LogP contribution in [0, 0.1) is 11.8 Å². The van der Waals surface area contributed by atoms with Crippen LogP contribution in [0.5, 0.6) is 0 Å². The summed E-state index contributed by atoms with van der Waals surface area (Å²) < 4.78 is 0. The Kier molecular flexibility index (Phi) is 3.95. The fourth-order valence-electron chi connectivity index (χ4n) is 2.65. The van der Waals surface area contributed by atoms with Crippen molar-refractivity contribution in [2.45, 2.75) is 32.6 Å². The number of fused-ring (bicyclic) bond motifs is 1. The van der Waals surface area contributed by atoms with E-state index >= 15 is 0 Å². The average molecular weight is 232 g/mol. The van der Waals surface area contributed by atoms with Crippen LogP contribution in [0.15, 0.2) is 24.3 Å². The van der Waals surface area contributed by atoms with Gasteiger partial charge in [0.25, 0.3) is 0 Å². The molecule has 1 aliphatic carbocycles. The second-order valence-corrected chi connectivity index (χ2v) is 5.13. The summed E-state index contributed by atoms with van der Waals surface area (Å²) in [5.41, 5.74) is 2.09. The number of carbonyl (C=O) groups is 1. The van der Waals surface area contributed by atoms with E-state index in [1.807, 2.05) is 25.1 Å². The number of aliphatic hydroxyl groups is 1. The van der Waals surface area contributed by atoms with Crippen molar-refractivity contribution in [2.75, 3.05) is 6.61 Å². The molecule has 0 aromatic heterocycles. The average Bonchev–Trinajstić information content (AvgIpc) is 2.51. The second kappa shape index (κ2) is 5.46. The minimum Gasteiger partial charge on any atom is -0.396 e. The lowest BCUT2D eigenvalue weighted by molar-refractivity contribution is 0.0884. The summed E-state index contributed by atoms with van der Waals surface area (Å²) in [5, 5.41) is 9.11. The predicted molar refractivity (Wildman–Crippen MR) is 68.1 cm³/mol. The zero-order valence-electron chi connectivity index (χ0n) is 10.4. The van der Waals surface area contributed by atoms with Crippen LogP contribution in [-0.4, -0.2) is 17.5 Å². The number of aliphatic hydroxyl groups excluding tert-OH is 1. The number of carbonyl (C=O) groups excluding carboxylic acids is 1. The minimum atomic E-state index is 0.0980. The van der Waals surface area contributed by atoms with E-state index in [2.05, 4.69) is 6.07 Å². The third-order valence-electron chi connectivity index (χ3n) is 3.65. The van der Waals surface area contributed by atoms with Gasteiger partial charge in [0.1, 0.15) is 0 Å². The van der Waals surface area contributed by atoms with E-state index in [9.17, 15) is 4.79 Å². The van der Waals surface area contributed by atoms with Gasteiger partial charge in [-0.3, -0.25) is 4.79 Å². The molecule has 0 aliphatic heterocycles. The SMILES string of the molecule is CC(CO)CC1CCCc2ccccc2C1=O. The minimum absolute atomic E-state index is 0.0980. The molecule has 0 saturated heterocycles. The lowest BCUT2D eigenvalue weighted by atomic mass is 9.87. The maximum absolute atomic E-state index is 12.4. The quantitative estimate of drug-likeness (QED) is 0.814. The first-order valence-corrected chi connectivity index (χ1v) is 6.45. The Morgan fingerprint density at radius 1 is 1.41 bits per heavy atom. The molecule has 1 aromatic rings. The van der Waals surface area contributed by atoms with Crippen LogP contribution in [0.25, 0.3) is 0 Å². The van der Waals surface area contributed by atoms with Gasteiger partial charge >= 0.3 is 0 Å². The van der Waals surface area contributed by atoms with Crippen LogP contribution in [0.2, 0.25) is 0 Å². The number of Topliss-reactive ketones (excluding diaryl/α,β-unsaturated/α-hetero) is 1. The van der Waals surface area contributed by atoms with Crippen molar-refractivity contribution in [1.82, 2.24) is 0 Å². The van der Waals surface area contributed by atoms with Crippen molar-refractivity contribution in [3.05, 3.63) is 35.4 Å². The van der Waals surface area contributed by atoms with Crippen LogP contribution in [0.4, 0.5) is 0 Å². The molecule has 2 atom stereocenters. The Labute approximate surface area is 103 Å². The topological polar surface area (TPSA) is 37.3 Å². The van der Waals surface area contributed by atoms with E-state index in [4.69, 9.17) is 5.11 Å². The smallest absolute Gasteiger partial charge is 0.166 e. The maximum Gasteiger partial charge on any atom is 0.166 e. The standard InChI is InChI=1S/C15H20O2/c1-11(10-16)9-13-7-4-6-12-5-2-3-8-14(12)15(13)17/h2-3,5,8,11,13,16H,4,6-7,9-10H2,1H3. The Balaban J connectivity index is 2.20. The Morgan fingerprint density at radius 3 is 2.94 bits per heavy atom. The monoisotopic (exact) mass is 232 g/mol. The van der Waals surface area contributed by atoms with Crippen molar-refractivity contribution < 1.29 is 9.90 Å². The summed E-state index contributed by atoms with van der Waals surface area (Å²) in [6.07, 6.45) is 3.85. The van der Waals surface area contributed by atoms with Crippen LogP contribution < -0.4 is 0 Å². The highest BCUT2D eigenvalue weighted by Crippen LogP contribution is 2.28. The number of aryl methyl sites for hydroxylation is 1. The number of ketones is 1. The van der Waals surface area contributed by atoms with Crippen LogP contribution in [-0.2, 0) is 6.42 Å². The molecule has 2 heteroatoms. The molecule has 2 nitrogen and oxygen atoms in total. The number of hydrogen-bond acceptors (Lipinski definition) is 2. The first-order valence-electron chi connectivity index (χ1n) is 6.45. The van der Waals surface area contributed by atoms with E-state index in [1.54, 1.807) is 0 Å². The largest absolute Gasteiger partial charge is 0.396 e. The Hall–Kier alpha value is -1.15. The normalized spacial score (nSPS) is 21.8. The molecule has 1 aliphatic rings. The number of rotatable bonds is 3. The van der Waals surface area contributed by atoms with Crippen molar-refractivity contribution in [3.8, 4) is 0 Å². The summed E-state index contributed by atoms with van der Waals surface area (Å²) in [5.74, 6) is 0.591. The highest BCUT2D eigenvalue weighted by molar-refractivity contribution is 5.99. The van der Waals surface area contributed by atoms with Crippen molar-refractivity contribution in [3.63, 3.8) is 0 Å². The third-order valence-corrected chi connectivity index (χ3v) is 3.65. The summed E-state index contributed by atoms with van der Waals surface area (Å²) in [6, 6.07) is 7.95. The molecule has 0 fully saturated rings. The molecular weight excluding hydrogens is 212 g/mol. The van der Waals surface area contributed by atoms with Crippen LogP contribution in [0.1, 0.15) is 42.1 Å². The highest BCUT2D eigenvalue weighted by atomic mass is 16.3. The molecular formula is C15H20O2. The predicted octanol–water partition coefficient (Wildman–Crippen LogP) is 2.84. The first kappa shape index (κ1) is 12.3. The Bertz CT molecular complexity index is 398. The molecule has 2 unspecified atom stereocenters. The zero-order chi connectivity index (χ0) is 12.3. The molecule has 0 amide bonds. The molecule has 17 heavy (non-hydrogen) atoms. The molecule has 1 N–H and O–H groups in total. The van der Waals surface area contributed by atoms with Crippen LogP contribution >= 0.6 is 0 Å². The van der Waals surface area contributed by atoms with E-state index < -0.39 is 0 Å². The molecule has 0 radical (unpaired) electrons. The van der Waals surface area contributed by atoms with E-state index in [-0.39, 0.29) is 24.2 Å². The maximum atomic E-state index is 12.4. The van der Waals surface area contributed by atoms with Gasteiger partial charge in [0.2, 0.25) is 0 Å². The number of hydrogen-bond donors (Lipinski definition) is 1. The fourth-order valence-corrected chi connectivity index (χ4v) is 2.65. The third kappa shape index (κ3) is 2.75. The molecule has 0 spiro atoms. The van der Waals surface area contributed by atoms with E-state index in [0.29, 0.717) is 0 Å². The molecule has 1 aromatic carbocycles. The van der Waals surface area contributed by atoms with Gasteiger partial charge in [-0.25, -0.2) is 0 Å². The first-order chi connectivity index (χ1) is 8.22. The van der Waals surface area contributed by atoms with Crippen LogP contribution in [0.3, 0.4) is 0 Å². The van der Waals surface area contributed by atoms with Gasteiger partial charge in [0.15, 0.2) is 5.78 Å². The molecule has 2 rings (SSSR count). The van der Waals surface area contributed by atoms with E-state index in [0.717, 1.165) is 31.2 Å². The van der Waals surface area contributed by atoms with Gasteiger partial charge in [-0.1, -0.05) is 31.2 Å². The van der Waals surface area contributed by atoms with Gasteiger partial charge in [-0.05, 0) is 37.2 Å². The second-order valence-electron chi connectivity index (χ2n) is 5.13. The summed E-state index contributed by atoms with van der Waals surface area (Å²) in [4.78, 5) is 12.4. The zero-order valence-corrected chi connectivity index (χ0v) is 10.4. The lowest BCUT2D eigenvalue weighted by Crippen LogP contribution is -2.18. The molecule has 0 heterocycles. The molecule has 0 saturated carbocycles.